The van der Waals surface area contributed by atoms with Crippen LogP contribution in [0.5, 0.6) is 0 Å². The minimum Gasteiger partial charge on any atom is -0.346 e. The van der Waals surface area contributed by atoms with E-state index in [1.807, 2.05) is 30.3 Å². The van der Waals surface area contributed by atoms with Gasteiger partial charge in [0.05, 0.1) is 5.69 Å². The van der Waals surface area contributed by atoms with Crippen LogP contribution in [0.3, 0.4) is 0 Å². The zero-order valence-corrected chi connectivity index (χ0v) is 12.7. The molecule has 0 atom stereocenters. The first kappa shape index (κ1) is 13.9. The molecule has 2 nitrogen and oxygen atoms in total. The van der Waals surface area contributed by atoms with Gasteiger partial charge in [0.1, 0.15) is 5.82 Å². The monoisotopic (exact) mass is 296 g/mol. The van der Waals surface area contributed by atoms with Crippen molar-refractivity contribution in [3.05, 3.63) is 76.7 Å². The number of H-pyrrole nitrogens is 1. The van der Waals surface area contributed by atoms with Crippen LogP contribution in [0.1, 0.15) is 17.1 Å². The Balaban J connectivity index is 1.76. The molecule has 1 N–H and O–H groups in total. The number of nitrogens with zero attached hydrogens (tertiary/aromatic N) is 1. The predicted molar refractivity (Wildman–Crippen MR) is 87.6 cm³/mol. The van der Waals surface area contributed by atoms with E-state index in [9.17, 15) is 0 Å². The number of benzene rings is 2. The van der Waals surface area contributed by atoms with Gasteiger partial charge >= 0.3 is 0 Å². The molecule has 3 rings (SSSR count). The Kier molecular flexibility index (Phi) is 4.07. The third kappa shape index (κ3) is 3.34. The van der Waals surface area contributed by atoms with Gasteiger partial charge in [-0.1, -0.05) is 54.1 Å². The summed E-state index contributed by atoms with van der Waals surface area (Å²) in [5, 5.41) is 0.747. The summed E-state index contributed by atoms with van der Waals surface area (Å²) in [6.45, 7) is 2.06. The van der Waals surface area contributed by atoms with Gasteiger partial charge in [0.2, 0.25) is 0 Å². The average molecular weight is 297 g/mol. The van der Waals surface area contributed by atoms with Gasteiger partial charge in [-0.05, 0) is 31.0 Å². The van der Waals surface area contributed by atoms with Crippen LogP contribution in [0.4, 0.5) is 0 Å². The molecule has 0 amide bonds. The molecule has 0 spiro atoms. The fraction of sp³-hybridized carbons (Fsp3) is 0.167. The maximum atomic E-state index is 5.93. The minimum atomic E-state index is 0.747. The molecule has 0 saturated heterocycles. The summed E-state index contributed by atoms with van der Waals surface area (Å²) in [5.41, 5.74) is 4.54. The largest absolute Gasteiger partial charge is 0.346 e. The molecule has 0 radical (unpaired) electrons. The van der Waals surface area contributed by atoms with Crippen LogP contribution in [-0.4, -0.2) is 9.97 Å². The molecule has 106 valence electrons. The lowest BCUT2D eigenvalue weighted by atomic mass is 10.1. The van der Waals surface area contributed by atoms with Gasteiger partial charge in [-0.2, -0.15) is 0 Å². The van der Waals surface area contributed by atoms with Crippen molar-refractivity contribution in [3.63, 3.8) is 0 Å². The van der Waals surface area contributed by atoms with Crippen molar-refractivity contribution in [1.29, 1.82) is 0 Å². The minimum absolute atomic E-state index is 0.747. The van der Waals surface area contributed by atoms with E-state index in [0.29, 0.717) is 0 Å². The Morgan fingerprint density at radius 1 is 0.952 bits per heavy atom. The van der Waals surface area contributed by atoms with E-state index in [0.717, 1.165) is 40.6 Å². The summed E-state index contributed by atoms with van der Waals surface area (Å²) in [6, 6.07) is 18.3. The van der Waals surface area contributed by atoms with Crippen LogP contribution in [0.15, 0.2) is 54.6 Å². The van der Waals surface area contributed by atoms with Crippen LogP contribution in [0, 0.1) is 6.92 Å². The molecule has 0 aliphatic heterocycles. The van der Waals surface area contributed by atoms with Crippen LogP contribution in [0.25, 0.3) is 11.3 Å². The SMILES string of the molecule is Cc1[nH]c(CCc2ccccc2)nc1-c1ccc(Cl)cc1. The van der Waals surface area contributed by atoms with Gasteiger partial charge in [-0.15, -0.1) is 0 Å². The van der Waals surface area contributed by atoms with Gasteiger partial charge in [0.15, 0.2) is 0 Å². The van der Waals surface area contributed by atoms with Gasteiger partial charge in [-0.25, -0.2) is 4.98 Å². The zero-order chi connectivity index (χ0) is 14.7. The number of rotatable bonds is 4. The molecule has 0 bridgehead atoms. The maximum absolute atomic E-state index is 5.93. The van der Waals surface area contributed by atoms with Crippen molar-refractivity contribution < 1.29 is 0 Å². The molecule has 3 heteroatoms. The predicted octanol–water partition coefficient (Wildman–Crippen LogP) is 4.82. The van der Waals surface area contributed by atoms with E-state index in [2.05, 4.69) is 36.2 Å². The zero-order valence-electron chi connectivity index (χ0n) is 11.9. The molecule has 21 heavy (non-hydrogen) atoms. The van der Waals surface area contributed by atoms with Crippen LogP contribution in [0.2, 0.25) is 5.02 Å². The molecular formula is C18H17ClN2. The second-order valence-corrected chi connectivity index (χ2v) is 5.59. The van der Waals surface area contributed by atoms with E-state index in [1.165, 1.54) is 5.56 Å². The van der Waals surface area contributed by atoms with Crippen LogP contribution in [-0.2, 0) is 12.8 Å². The van der Waals surface area contributed by atoms with Crippen molar-refractivity contribution in [3.8, 4) is 11.3 Å². The number of halogens is 1. The third-order valence-corrected chi connectivity index (χ3v) is 3.80. The molecule has 1 heterocycles. The molecule has 0 unspecified atom stereocenters. The van der Waals surface area contributed by atoms with Gasteiger partial charge in [0.25, 0.3) is 0 Å². The average Bonchev–Trinajstić information content (AvgIpc) is 2.88. The number of hydrogen-bond acceptors (Lipinski definition) is 1. The first-order chi connectivity index (χ1) is 10.2. The van der Waals surface area contributed by atoms with E-state index in [4.69, 9.17) is 16.6 Å². The molecule has 2 aromatic carbocycles. The standard InChI is InChI=1S/C18H17ClN2/c1-13-18(15-8-10-16(19)11-9-15)21-17(20-13)12-7-14-5-3-2-4-6-14/h2-6,8-11H,7,12H2,1H3,(H,20,21). The lowest BCUT2D eigenvalue weighted by Gasteiger charge is -1.99. The van der Waals surface area contributed by atoms with Crippen LogP contribution >= 0.6 is 11.6 Å². The molecular weight excluding hydrogens is 280 g/mol. The quantitative estimate of drug-likeness (QED) is 0.734. The fourth-order valence-electron chi connectivity index (χ4n) is 2.44. The maximum Gasteiger partial charge on any atom is 0.107 e. The number of hydrogen-bond donors (Lipinski definition) is 1. The lowest BCUT2D eigenvalue weighted by molar-refractivity contribution is 0.881. The number of imidazole rings is 1. The molecule has 1 aromatic heterocycles. The van der Waals surface area contributed by atoms with Crippen molar-refractivity contribution >= 4 is 11.6 Å². The lowest BCUT2D eigenvalue weighted by Crippen LogP contribution is -1.93. The summed E-state index contributed by atoms with van der Waals surface area (Å²) in [5.74, 6) is 1.03. The number of nitrogens with one attached hydrogen (secondary N) is 1. The highest BCUT2D eigenvalue weighted by atomic mass is 35.5. The van der Waals surface area contributed by atoms with Crippen molar-refractivity contribution in [1.82, 2.24) is 9.97 Å². The molecule has 0 fully saturated rings. The Hall–Kier alpha value is -2.06. The second-order valence-electron chi connectivity index (χ2n) is 5.15. The van der Waals surface area contributed by atoms with Crippen molar-refractivity contribution in [2.45, 2.75) is 19.8 Å². The third-order valence-electron chi connectivity index (χ3n) is 3.54. The number of aryl methyl sites for hydroxylation is 3. The van der Waals surface area contributed by atoms with Crippen molar-refractivity contribution in [2.75, 3.05) is 0 Å². The normalized spacial score (nSPS) is 10.8. The van der Waals surface area contributed by atoms with Gasteiger partial charge in [0, 0.05) is 22.7 Å². The fourth-order valence-corrected chi connectivity index (χ4v) is 2.56. The van der Waals surface area contributed by atoms with E-state index in [-0.39, 0.29) is 0 Å². The van der Waals surface area contributed by atoms with E-state index in [1.54, 1.807) is 0 Å². The summed E-state index contributed by atoms with van der Waals surface area (Å²) in [6.07, 6.45) is 1.91. The summed E-state index contributed by atoms with van der Waals surface area (Å²) in [4.78, 5) is 8.11. The highest BCUT2D eigenvalue weighted by Crippen LogP contribution is 2.23. The first-order valence-electron chi connectivity index (χ1n) is 7.08. The second kappa shape index (κ2) is 6.15. The Morgan fingerprint density at radius 2 is 1.67 bits per heavy atom. The summed E-state index contributed by atoms with van der Waals surface area (Å²) >= 11 is 5.93. The first-order valence-corrected chi connectivity index (χ1v) is 7.45. The van der Waals surface area contributed by atoms with Crippen molar-refractivity contribution in [2.24, 2.45) is 0 Å². The van der Waals surface area contributed by atoms with Gasteiger partial charge in [-0.3, -0.25) is 0 Å². The topological polar surface area (TPSA) is 28.7 Å². The summed E-state index contributed by atoms with van der Waals surface area (Å²) < 4.78 is 0. The van der Waals surface area contributed by atoms with E-state index >= 15 is 0 Å². The van der Waals surface area contributed by atoms with E-state index < -0.39 is 0 Å². The molecule has 0 aliphatic rings. The smallest absolute Gasteiger partial charge is 0.107 e. The highest BCUT2D eigenvalue weighted by molar-refractivity contribution is 6.30. The summed E-state index contributed by atoms with van der Waals surface area (Å²) in [7, 11) is 0. The Morgan fingerprint density at radius 3 is 2.38 bits per heavy atom. The number of aromatic amines is 1. The number of aromatic nitrogens is 2. The van der Waals surface area contributed by atoms with Crippen LogP contribution < -0.4 is 0 Å². The highest BCUT2D eigenvalue weighted by Gasteiger charge is 2.09. The molecule has 3 aromatic rings. The Labute approximate surface area is 129 Å². The van der Waals surface area contributed by atoms with Gasteiger partial charge < -0.3 is 4.98 Å². The molecule has 0 aliphatic carbocycles. The Bertz CT molecular complexity index is 715. The molecule has 0 saturated carbocycles.